The summed E-state index contributed by atoms with van der Waals surface area (Å²) in [6.45, 7) is 4.76. The number of amides is 1. The van der Waals surface area contributed by atoms with Gasteiger partial charge < -0.3 is 15.1 Å². The van der Waals surface area contributed by atoms with Crippen LogP contribution in [0.2, 0.25) is 0 Å². The number of rotatable bonds is 8. The molecular formula is C19H27N3O2. The maximum atomic E-state index is 12.1. The largest absolute Gasteiger partial charge is 0.468 e. The molecule has 0 bridgehead atoms. The van der Waals surface area contributed by atoms with Gasteiger partial charge in [-0.1, -0.05) is 17.7 Å². The van der Waals surface area contributed by atoms with Crippen molar-refractivity contribution in [2.24, 2.45) is 0 Å². The molecule has 1 amide bonds. The summed E-state index contributed by atoms with van der Waals surface area (Å²) in [5.41, 5.74) is 2.01. The Balaban J connectivity index is 1.80. The third-order valence-corrected chi connectivity index (χ3v) is 3.98. The Kier molecular flexibility index (Phi) is 6.58. The van der Waals surface area contributed by atoms with Crippen LogP contribution < -0.4 is 10.6 Å². The molecule has 0 spiro atoms. The molecule has 2 N–H and O–H groups in total. The van der Waals surface area contributed by atoms with E-state index in [1.807, 2.05) is 64.3 Å². The van der Waals surface area contributed by atoms with E-state index in [0.29, 0.717) is 6.42 Å². The summed E-state index contributed by atoms with van der Waals surface area (Å²) in [5.74, 6) is 0.932. The number of likely N-dealkylation sites (N-methyl/N-ethyl adjacent to an activating group) is 1. The quantitative estimate of drug-likeness (QED) is 0.781. The van der Waals surface area contributed by atoms with E-state index in [4.69, 9.17) is 4.42 Å². The van der Waals surface area contributed by atoms with E-state index < -0.39 is 0 Å². The Bertz CT molecular complexity index is 621. The topological polar surface area (TPSA) is 57.5 Å². The smallest absolute Gasteiger partial charge is 0.225 e. The van der Waals surface area contributed by atoms with Gasteiger partial charge in [-0.2, -0.15) is 0 Å². The zero-order valence-electron chi connectivity index (χ0n) is 14.9. The molecule has 0 unspecified atom stereocenters. The Labute approximate surface area is 144 Å². The van der Waals surface area contributed by atoms with Gasteiger partial charge in [0.2, 0.25) is 5.91 Å². The van der Waals surface area contributed by atoms with Crippen LogP contribution in [0.1, 0.15) is 30.7 Å². The van der Waals surface area contributed by atoms with Gasteiger partial charge in [0.15, 0.2) is 0 Å². The van der Waals surface area contributed by atoms with Crippen molar-refractivity contribution in [3.63, 3.8) is 0 Å². The average Bonchev–Trinajstić information content (AvgIpc) is 3.03. The molecule has 1 aromatic carbocycles. The summed E-state index contributed by atoms with van der Waals surface area (Å²) >= 11 is 0. The van der Waals surface area contributed by atoms with Crippen molar-refractivity contribution in [3.05, 3.63) is 54.0 Å². The molecule has 0 radical (unpaired) electrons. The van der Waals surface area contributed by atoms with Crippen LogP contribution in [-0.4, -0.2) is 37.5 Å². The van der Waals surface area contributed by atoms with Crippen LogP contribution >= 0.6 is 0 Å². The lowest BCUT2D eigenvalue weighted by Gasteiger charge is -2.24. The molecule has 0 aliphatic rings. The van der Waals surface area contributed by atoms with Crippen LogP contribution in [-0.2, 0) is 4.79 Å². The Hall–Kier alpha value is -2.11. The summed E-state index contributed by atoms with van der Waals surface area (Å²) < 4.78 is 5.50. The number of furan rings is 1. The van der Waals surface area contributed by atoms with Gasteiger partial charge in [0.05, 0.1) is 12.3 Å². The van der Waals surface area contributed by atoms with E-state index in [1.165, 1.54) is 5.56 Å². The molecule has 0 saturated heterocycles. The van der Waals surface area contributed by atoms with Crippen molar-refractivity contribution in [2.45, 2.75) is 32.4 Å². The van der Waals surface area contributed by atoms with Crippen molar-refractivity contribution in [2.75, 3.05) is 26.0 Å². The van der Waals surface area contributed by atoms with Crippen LogP contribution in [0.3, 0.4) is 0 Å². The molecule has 2 rings (SSSR count). The van der Waals surface area contributed by atoms with E-state index >= 15 is 0 Å². The lowest BCUT2D eigenvalue weighted by molar-refractivity contribution is -0.116. The third-order valence-electron chi connectivity index (χ3n) is 3.98. The van der Waals surface area contributed by atoms with Crippen molar-refractivity contribution >= 4 is 11.6 Å². The molecule has 1 aromatic heterocycles. The molecule has 0 aliphatic carbocycles. The lowest BCUT2D eigenvalue weighted by Crippen LogP contribution is -2.37. The maximum Gasteiger partial charge on any atom is 0.225 e. The van der Waals surface area contributed by atoms with Crippen molar-refractivity contribution in [3.8, 4) is 0 Å². The number of nitrogens with zero attached hydrogens (tertiary/aromatic N) is 1. The van der Waals surface area contributed by atoms with Gasteiger partial charge in [0.25, 0.3) is 0 Å². The molecule has 2 aromatic rings. The van der Waals surface area contributed by atoms with Crippen LogP contribution in [0.5, 0.6) is 0 Å². The minimum atomic E-state index is 0.0123. The molecule has 24 heavy (non-hydrogen) atoms. The molecule has 0 fully saturated rings. The minimum absolute atomic E-state index is 0.0123. The number of carbonyl (C=O) groups is 1. The predicted molar refractivity (Wildman–Crippen MR) is 97.0 cm³/mol. The second kappa shape index (κ2) is 8.66. The molecule has 5 nitrogen and oxygen atoms in total. The number of benzene rings is 1. The van der Waals surface area contributed by atoms with Crippen LogP contribution in [0, 0.1) is 6.92 Å². The highest BCUT2D eigenvalue weighted by atomic mass is 16.3. The summed E-state index contributed by atoms with van der Waals surface area (Å²) in [4.78, 5) is 14.2. The first kappa shape index (κ1) is 18.2. The first-order valence-electron chi connectivity index (χ1n) is 8.25. The number of aryl methyl sites for hydroxylation is 1. The van der Waals surface area contributed by atoms with E-state index in [0.717, 1.165) is 18.0 Å². The Morgan fingerprint density at radius 1 is 1.21 bits per heavy atom. The lowest BCUT2D eigenvalue weighted by atomic mass is 10.1. The Morgan fingerprint density at radius 2 is 1.92 bits per heavy atom. The second-order valence-electron chi connectivity index (χ2n) is 6.42. The van der Waals surface area contributed by atoms with E-state index in [-0.39, 0.29) is 18.0 Å². The van der Waals surface area contributed by atoms with Gasteiger partial charge >= 0.3 is 0 Å². The first-order chi connectivity index (χ1) is 11.5. The fourth-order valence-corrected chi connectivity index (χ4v) is 2.53. The molecule has 1 heterocycles. The second-order valence-corrected chi connectivity index (χ2v) is 6.42. The van der Waals surface area contributed by atoms with Crippen molar-refractivity contribution in [1.82, 2.24) is 10.2 Å². The standard InChI is InChI=1S/C19H27N3O2/c1-14-7-9-16(10-8-14)21-19(23)12-15(2)20-13-17(22(3)4)18-6-5-11-24-18/h5-11,15,17,20H,12-13H2,1-4H3,(H,21,23)/t15-,17-/m0/s1. The van der Waals surface area contributed by atoms with Crippen LogP contribution in [0.25, 0.3) is 0 Å². The van der Waals surface area contributed by atoms with Gasteiger partial charge in [-0.25, -0.2) is 0 Å². The molecular weight excluding hydrogens is 302 g/mol. The number of nitrogens with one attached hydrogen (secondary N) is 2. The highest BCUT2D eigenvalue weighted by Crippen LogP contribution is 2.18. The summed E-state index contributed by atoms with van der Waals surface area (Å²) in [7, 11) is 4.03. The van der Waals surface area contributed by atoms with Gasteiger partial charge in [0.1, 0.15) is 5.76 Å². The highest BCUT2D eigenvalue weighted by molar-refractivity contribution is 5.91. The summed E-state index contributed by atoms with van der Waals surface area (Å²) in [6, 6.07) is 11.9. The van der Waals surface area contributed by atoms with Crippen molar-refractivity contribution < 1.29 is 9.21 Å². The zero-order chi connectivity index (χ0) is 17.5. The highest BCUT2D eigenvalue weighted by Gasteiger charge is 2.18. The third kappa shape index (κ3) is 5.51. The average molecular weight is 329 g/mol. The SMILES string of the molecule is Cc1ccc(NC(=O)C[C@H](C)NC[C@@H](c2ccco2)N(C)C)cc1. The summed E-state index contributed by atoms with van der Waals surface area (Å²) in [5, 5.41) is 6.35. The first-order valence-corrected chi connectivity index (χ1v) is 8.25. The molecule has 2 atom stereocenters. The predicted octanol–water partition coefficient (Wildman–Crippen LogP) is 3.20. The van der Waals surface area contributed by atoms with Gasteiger partial charge in [0, 0.05) is 24.7 Å². The fraction of sp³-hybridized carbons (Fsp3) is 0.421. The normalized spacial score (nSPS) is 13.7. The van der Waals surface area contributed by atoms with Gasteiger partial charge in [-0.3, -0.25) is 9.69 Å². The minimum Gasteiger partial charge on any atom is -0.468 e. The Morgan fingerprint density at radius 3 is 2.50 bits per heavy atom. The van der Waals surface area contributed by atoms with E-state index in [9.17, 15) is 4.79 Å². The van der Waals surface area contributed by atoms with E-state index in [1.54, 1.807) is 6.26 Å². The molecule has 130 valence electrons. The molecule has 5 heteroatoms. The van der Waals surface area contributed by atoms with Crippen LogP contribution in [0.4, 0.5) is 5.69 Å². The number of hydrogen-bond acceptors (Lipinski definition) is 4. The van der Waals surface area contributed by atoms with Gasteiger partial charge in [-0.15, -0.1) is 0 Å². The summed E-state index contributed by atoms with van der Waals surface area (Å²) in [6.07, 6.45) is 2.11. The number of anilines is 1. The van der Waals surface area contributed by atoms with E-state index in [2.05, 4.69) is 15.5 Å². The zero-order valence-corrected chi connectivity index (χ0v) is 14.9. The maximum absolute atomic E-state index is 12.1. The monoisotopic (exact) mass is 329 g/mol. The van der Waals surface area contributed by atoms with Gasteiger partial charge in [-0.05, 0) is 52.2 Å². The molecule has 0 aliphatic heterocycles. The fourth-order valence-electron chi connectivity index (χ4n) is 2.53. The molecule has 0 saturated carbocycles. The van der Waals surface area contributed by atoms with Crippen LogP contribution in [0.15, 0.2) is 47.1 Å². The number of hydrogen-bond donors (Lipinski definition) is 2. The van der Waals surface area contributed by atoms with Crippen molar-refractivity contribution in [1.29, 1.82) is 0 Å². The number of carbonyl (C=O) groups excluding carboxylic acids is 1.